The van der Waals surface area contributed by atoms with Crippen LogP contribution < -0.4 is 0 Å². The van der Waals surface area contributed by atoms with Gasteiger partial charge in [0.25, 0.3) is 0 Å². The van der Waals surface area contributed by atoms with Crippen LogP contribution in [-0.2, 0) is 9.53 Å². The highest BCUT2D eigenvalue weighted by atomic mass is 32.2. The van der Waals surface area contributed by atoms with Crippen LogP contribution >= 0.6 is 11.8 Å². The van der Waals surface area contributed by atoms with Crippen LogP contribution in [0.5, 0.6) is 0 Å². The van der Waals surface area contributed by atoms with Gasteiger partial charge in [0.15, 0.2) is 5.69 Å². The highest BCUT2D eigenvalue weighted by Gasteiger charge is 2.18. The number of pyridine rings is 1. The molecule has 19 heavy (non-hydrogen) atoms. The van der Waals surface area contributed by atoms with E-state index < -0.39 is 5.97 Å². The van der Waals surface area contributed by atoms with Crippen LogP contribution in [0, 0.1) is 0 Å². The van der Waals surface area contributed by atoms with Crippen LogP contribution in [0.3, 0.4) is 0 Å². The first-order valence-electron chi connectivity index (χ1n) is 5.53. The molecule has 2 aromatic rings. The third-order valence-electron chi connectivity index (χ3n) is 2.47. The summed E-state index contributed by atoms with van der Waals surface area (Å²) in [4.78, 5) is 26.5. The van der Waals surface area contributed by atoms with E-state index in [1.165, 1.54) is 23.3 Å². The minimum absolute atomic E-state index is 0.116. The molecule has 0 spiro atoms. The van der Waals surface area contributed by atoms with Crippen molar-refractivity contribution < 1.29 is 19.4 Å². The molecule has 0 unspecified atom stereocenters. The lowest BCUT2D eigenvalue weighted by Crippen LogP contribution is -2.04. The molecule has 2 rings (SSSR count). The van der Waals surface area contributed by atoms with Crippen molar-refractivity contribution in [1.82, 2.24) is 9.38 Å². The fourth-order valence-electron chi connectivity index (χ4n) is 1.60. The predicted molar refractivity (Wildman–Crippen MR) is 69.5 cm³/mol. The Labute approximate surface area is 113 Å². The van der Waals surface area contributed by atoms with Crippen molar-refractivity contribution in [3.63, 3.8) is 0 Å². The van der Waals surface area contributed by atoms with Crippen molar-refractivity contribution in [2.75, 3.05) is 12.9 Å². The van der Waals surface area contributed by atoms with Gasteiger partial charge in [0, 0.05) is 11.9 Å². The molecule has 0 saturated carbocycles. The molecule has 0 atom stereocenters. The molecule has 0 aliphatic rings. The Morgan fingerprint density at radius 2 is 2.26 bits per heavy atom. The summed E-state index contributed by atoms with van der Waals surface area (Å²) in [6, 6.07) is 5.26. The van der Waals surface area contributed by atoms with E-state index in [-0.39, 0.29) is 18.1 Å². The van der Waals surface area contributed by atoms with Crippen LogP contribution in [-0.4, -0.2) is 39.3 Å². The number of imidazole rings is 1. The first-order valence-corrected chi connectivity index (χ1v) is 6.52. The first-order chi connectivity index (χ1) is 9.13. The van der Waals surface area contributed by atoms with Crippen LogP contribution in [0.25, 0.3) is 5.65 Å². The van der Waals surface area contributed by atoms with E-state index in [2.05, 4.69) is 9.72 Å². The maximum Gasteiger partial charge on any atom is 0.355 e. The molecule has 0 amide bonds. The number of carboxylic acids is 1. The number of rotatable bonds is 5. The lowest BCUT2D eigenvalue weighted by Gasteiger charge is -2.00. The van der Waals surface area contributed by atoms with Gasteiger partial charge in [-0.15, -0.1) is 11.8 Å². The Morgan fingerprint density at radius 1 is 1.47 bits per heavy atom. The van der Waals surface area contributed by atoms with Gasteiger partial charge in [-0.25, -0.2) is 9.78 Å². The summed E-state index contributed by atoms with van der Waals surface area (Å²) >= 11 is 1.23. The number of carboxylic acid groups (broad SMARTS) is 1. The molecule has 0 aliphatic heterocycles. The van der Waals surface area contributed by atoms with E-state index in [9.17, 15) is 14.7 Å². The molecule has 0 saturated heterocycles. The first kappa shape index (κ1) is 13.4. The molecule has 7 heteroatoms. The molecule has 1 N–H and O–H groups in total. The topological polar surface area (TPSA) is 80.9 Å². The molecule has 0 radical (unpaired) electrons. The van der Waals surface area contributed by atoms with Crippen molar-refractivity contribution in [2.45, 2.75) is 11.4 Å². The molecular formula is C12H12N2O4S. The predicted octanol–water partition coefficient (Wildman–Crippen LogP) is 1.69. The van der Waals surface area contributed by atoms with Crippen molar-refractivity contribution in [3.8, 4) is 0 Å². The van der Waals surface area contributed by atoms with Crippen LogP contribution in [0.15, 0.2) is 29.4 Å². The number of fused-ring (bicyclic) bond motifs is 1. The number of methoxy groups -OCH3 is 1. The monoisotopic (exact) mass is 280 g/mol. The van der Waals surface area contributed by atoms with Gasteiger partial charge < -0.3 is 9.84 Å². The van der Waals surface area contributed by atoms with E-state index in [0.717, 1.165) is 0 Å². The number of esters is 1. The number of carbonyl (C=O) groups is 2. The zero-order valence-electron chi connectivity index (χ0n) is 10.2. The highest BCUT2D eigenvalue weighted by molar-refractivity contribution is 7.99. The minimum Gasteiger partial charge on any atom is -0.476 e. The number of hydrogen-bond acceptors (Lipinski definition) is 5. The molecule has 0 aliphatic carbocycles. The molecule has 2 aromatic heterocycles. The van der Waals surface area contributed by atoms with E-state index in [4.69, 9.17) is 0 Å². The van der Waals surface area contributed by atoms with E-state index in [1.807, 2.05) is 0 Å². The van der Waals surface area contributed by atoms with Crippen molar-refractivity contribution in [3.05, 3.63) is 30.1 Å². The van der Waals surface area contributed by atoms with Gasteiger partial charge in [-0.05, 0) is 12.1 Å². The van der Waals surface area contributed by atoms with Gasteiger partial charge in [0.2, 0.25) is 0 Å². The molecule has 100 valence electrons. The number of ether oxygens (including phenoxy) is 1. The van der Waals surface area contributed by atoms with Crippen molar-refractivity contribution >= 4 is 29.3 Å². The van der Waals surface area contributed by atoms with E-state index in [0.29, 0.717) is 16.4 Å². The maximum atomic E-state index is 11.3. The van der Waals surface area contributed by atoms with Gasteiger partial charge in [-0.2, -0.15) is 0 Å². The molecule has 0 fully saturated rings. The lowest BCUT2D eigenvalue weighted by atomic mass is 10.4. The number of hydrogen-bond donors (Lipinski definition) is 1. The SMILES string of the molecule is COC(=O)CCSc1nc2ccccn2c1C(=O)O. The fourth-order valence-corrected chi connectivity index (χ4v) is 2.55. The van der Waals surface area contributed by atoms with Gasteiger partial charge in [-0.3, -0.25) is 9.20 Å². The number of nitrogens with zero attached hydrogens (tertiary/aromatic N) is 2. The van der Waals surface area contributed by atoms with Gasteiger partial charge >= 0.3 is 11.9 Å². The second-order valence-electron chi connectivity index (χ2n) is 3.67. The maximum absolute atomic E-state index is 11.3. The minimum atomic E-state index is -1.04. The third kappa shape index (κ3) is 2.87. The summed E-state index contributed by atoms with van der Waals surface area (Å²) in [5.74, 6) is -0.941. The lowest BCUT2D eigenvalue weighted by molar-refractivity contribution is -0.140. The van der Waals surface area contributed by atoms with Crippen LogP contribution in [0.2, 0.25) is 0 Å². The summed E-state index contributed by atoms with van der Waals surface area (Å²) in [7, 11) is 1.32. The summed E-state index contributed by atoms with van der Waals surface area (Å²) in [6.45, 7) is 0. The Balaban J connectivity index is 2.24. The Bertz CT molecular complexity index is 623. The Hall–Kier alpha value is -2.02. The highest BCUT2D eigenvalue weighted by Crippen LogP contribution is 2.24. The third-order valence-corrected chi connectivity index (χ3v) is 3.44. The van der Waals surface area contributed by atoms with E-state index >= 15 is 0 Å². The number of aromatic carboxylic acids is 1. The quantitative estimate of drug-likeness (QED) is 0.663. The summed E-state index contributed by atoms with van der Waals surface area (Å²) < 4.78 is 6.05. The summed E-state index contributed by atoms with van der Waals surface area (Å²) in [5.41, 5.74) is 0.686. The van der Waals surface area contributed by atoms with Crippen LogP contribution in [0.4, 0.5) is 0 Å². The fraction of sp³-hybridized carbons (Fsp3) is 0.250. The number of aromatic nitrogens is 2. The van der Waals surface area contributed by atoms with Gasteiger partial charge in [-0.1, -0.05) is 6.07 Å². The van der Waals surface area contributed by atoms with Gasteiger partial charge in [0.05, 0.1) is 13.5 Å². The largest absolute Gasteiger partial charge is 0.476 e. The number of carbonyl (C=O) groups excluding carboxylic acids is 1. The normalized spacial score (nSPS) is 10.6. The standard InChI is InChI=1S/C12H12N2O4S/c1-18-9(15)5-7-19-11-10(12(16)17)14-6-3-2-4-8(14)13-11/h2-4,6H,5,7H2,1H3,(H,16,17). The van der Waals surface area contributed by atoms with Crippen LogP contribution in [0.1, 0.15) is 16.9 Å². The van der Waals surface area contributed by atoms with E-state index in [1.54, 1.807) is 24.4 Å². The summed E-state index contributed by atoms with van der Waals surface area (Å²) in [6.07, 6.45) is 1.87. The number of thioether (sulfide) groups is 1. The zero-order chi connectivity index (χ0) is 13.8. The molecule has 2 heterocycles. The van der Waals surface area contributed by atoms with Crippen molar-refractivity contribution in [1.29, 1.82) is 0 Å². The Kier molecular flexibility index (Phi) is 4.06. The molecular weight excluding hydrogens is 268 g/mol. The molecule has 0 aromatic carbocycles. The molecule has 0 bridgehead atoms. The average molecular weight is 280 g/mol. The average Bonchev–Trinajstić information content (AvgIpc) is 2.76. The van der Waals surface area contributed by atoms with Gasteiger partial charge in [0.1, 0.15) is 10.7 Å². The zero-order valence-corrected chi connectivity index (χ0v) is 11.0. The second kappa shape index (κ2) is 5.75. The Morgan fingerprint density at radius 3 is 2.95 bits per heavy atom. The summed E-state index contributed by atoms with van der Waals surface area (Å²) in [5, 5.41) is 9.65. The molecule has 6 nitrogen and oxygen atoms in total. The smallest absolute Gasteiger partial charge is 0.355 e. The second-order valence-corrected chi connectivity index (χ2v) is 4.76. The van der Waals surface area contributed by atoms with Crippen molar-refractivity contribution in [2.24, 2.45) is 0 Å².